The molecule has 0 saturated carbocycles. The molecule has 3 heteroatoms. The summed E-state index contributed by atoms with van der Waals surface area (Å²) in [7, 11) is 0. The molecule has 0 aromatic rings. The molecule has 0 unspecified atom stereocenters. The topological polar surface area (TPSA) is 40.5 Å². The van der Waals surface area contributed by atoms with E-state index in [4.69, 9.17) is 5.11 Å². The molecule has 1 atom stereocenters. The van der Waals surface area contributed by atoms with Crippen LogP contribution in [0.3, 0.4) is 0 Å². The van der Waals surface area contributed by atoms with Gasteiger partial charge in [-0.1, -0.05) is 6.92 Å². The van der Waals surface area contributed by atoms with Gasteiger partial charge in [-0.3, -0.25) is 4.79 Å². The summed E-state index contributed by atoms with van der Waals surface area (Å²) in [5, 5.41) is 8.87. The molecule has 1 fully saturated rings. The number of hydrogen-bond acceptors (Lipinski definition) is 2. The number of carbonyl (C=O) groups excluding carboxylic acids is 1. The van der Waals surface area contributed by atoms with Crippen molar-refractivity contribution in [1.82, 2.24) is 4.90 Å². The third kappa shape index (κ3) is 1.71. The zero-order valence-electron chi connectivity index (χ0n) is 6.79. The Morgan fingerprint density at radius 1 is 1.82 bits per heavy atom. The van der Waals surface area contributed by atoms with Gasteiger partial charge in [-0.25, -0.2) is 0 Å². The highest BCUT2D eigenvalue weighted by Gasteiger charge is 2.28. The summed E-state index contributed by atoms with van der Waals surface area (Å²) >= 11 is 0. The lowest BCUT2D eigenvalue weighted by atomic mass is 10.2. The predicted molar refractivity (Wildman–Crippen MR) is 41.8 cm³/mol. The van der Waals surface area contributed by atoms with Crippen molar-refractivity contribution in [3.63, 3.8) is 0 Å². The molecule has 1 amide bonds. The zero-order chi connectivity index (χ0) is 8.27. The monoisotopic (exact) mass is 156 g/mol. The van der Waals surface area contributed by atoms with Crippen molar-refractivity contribution < 1.29 is 9.90 Å². The highest BCUT2D eigenvalue weighted by atomic mass is 16.3. The molecule has 1 radical (unpaired) electrons. The molecule has 0 aromatic heterocycles. The second-order valence-electron chi connectivity index (χ2n) is 2.83. The molecule has 63 valence electrons. The number of hydrogen-bond donors (Lipinski definition) is 1. The van der Waals surface area contributed by atoms with Crippen LogP contribution in [-0.2, 0) is 4.79 Å². The molecule has 0 aromatic carbocycles. The van der Waals surface area contributed by atoms with E-state index in [0.717, 1.165) is 6.42 Å². The van der Waals surface area contributed by atoms with Crippen LogP contribution < -0.4 is 0 Å². The van der Waals surface area contributed by atoms with Crippen molar-refractivity contribution in [3.8, 4) is 0 Å². The molecule has 0 spiro atoms. The average molecular weight is 156 g/mol. The number of nitrogens with zero attached hydrogens (tertiary/aromatic N) is 1. The maximum Gasteiger partial charge on any atom is 0.222 e. The molecule has 1 heterocycles. The first-order valence-electron chi connectivity index (χ1n) is 3.97. The third-order valence-electron chi connectivity index (χ3n) is 2.04. The summed E-state index contributed by atoms with van der Waals surface area (Å²) in [4.78, 5) is 12.9. The van der Waals surface area contributed by atoms with E-state index >= 15 is 0 Å². The predicted octanol–water partition coefficient (Wildman–Crippen LogP) is 0.194. The van der Waals surface area contributed by atoms with Crippen LogP contribution in [0.1, 0.15) is 19.8 Å². The van der Waals surface area contributed by atoms with E-state index in [-0.39, 0.29) is 18.6 Å². The number of aliphatic hydroxyl groups excluding tert-OH is 1. The molecule has 1 aliphatic heterocycles. The Morgan fingerprint density at radius 2 is 2.55 bits per heavy atom. The van der Waals surface area contributed by atoms with Gasteiger partial charge in [0.2, 0.25) is 5.91 Å². The molecule has 3 nitrogen and oxygen atoms in total. The quantitative estimate of drug-likeness (QED) is 0.634. The van der Waals surface area contributed by atoms with Gasteiger partial charge < -0.3 is 10.0 Å². The summed E-state index contributed by atoms with van der Waals surface area (Å²) in [6, 6.07) is 0.0682. The number of aliphatic hydroxyl groups is 1. The molecular weight excluding hydrogens is 142 g/mol. The summed E-state index contributed by atoms with van der Waals surface area (Å²) < 4.78 is 0. The van der Waals surface area contributed by atoms with Crippen LogP contribution in [-0.4, -0.2) is 35.1 Å². The lowest BCUT2D eigenvalue weighted by Crippen LogP contribution is -2.35. The smallest absolute Gasteiger partial charge is 0.222 e. The maximum atomic E-state index is 11.1. The van der Waals surface area contributed by atoms with Gasteiger partial charge >= 0.3 is 0 Å². The van der Waals surface area contributed by atoms with Crippen LogP contribution in [0.4, 0.5) is 0 Å². The Balaban J connectivity index is 2.49. The van der Waals surface area contributed by atoms with Crippen molar-refractivity contribution in [2.45, 2.75) is 25.8 Å². The maximum absolute atomic E-state index is 11.1. The largest absolute Gasteiger partial charge is 0.394 e. The number of carbonyl (C=O) groups is 1. The first-order chi connectivity index (χ1) is 5.29. The highest BCUT2D eigenvalue weighted by molar-refractivity contribution is 5.78. The first kappa shape index (κ1) is 8.53. The van der Waals surface area contributed by atoms with E-state index in [1.807, 2.05) is 13.3 Å². The summed E-state index contributed by atoms with van der Waals surface area (Å²) in [6.45, 7) is 2.68. The highest BCUT2D eigenvalue weighted by Crippen LogP contribution is 2.17. The Morgan fingerprint density at radius 3 is 3.09 bits per heavy atom. The fraction of sp³-hybridized carbons (Fsp3) is 0.750. The number of rotatable bonds is 3. The van der Waals surface area contributed by atoms with E-state index < -0.39 is 0 Å². The van der Waals surface area contributed by atoms with Gasteiger partial charge in [0.15, 0.2) is 0 Å². The van der Waals surface area contributed by atoms with Crippen LogP contribution >= 0.6 is 0 Å². The van der Waals surface area contributed by atoms with E-state index in [1.54, 1.807) is 4.90 Å². The summed E-state index contributed by atoms with van der Waals surface area (Å²) in [5.41, 5.74) is 0. The average Bonchev–Trinajstić information content (AvgIpc) is 2.34. The molecule has 1 aliphatic rings. The van der Waals surface area contributed by atoms with Crippen LogP contribution in [0.15, 0.2) is 0 Å². The Hall–Kier alpha value is -0.570. The third-order valence-corrected chi connectivity index (χ3v) is 2.04. The first-order valence-corrected chi connectivity index (χ1v) is 3.97. The standard InChI is InChI=1S/C8H14NO2/c1-2-5-9-7(6-10)3-4-8(9)11/h2,7,10H,3-6H2,1H3/t7-/m1/s1. The minimum atomic E-state index is 0.0682. The second kappa shape index (κ2) is 3.72. The van der Waals surface area contributed by atoms with Gasteiger partial charge in [0.25, 0.3) is 0 Å². The van der Waals surface area contributed by atoms with E-state index in [2.05, 4.69) is 0 Å². The molecule has 0 aliphatic carbocycles. The van der Waals surface area contributed by atoms with Crippen LogP contribution in [0.5, 0.6) is 0 Å². The SMILES string of the molecule is C[CH]CN1C(=O)CC[C@@H]1CO. The minimum Gasteiger partial charge on any atom is -0.394 e. The fourth-order valence-corrected chi connectivity index (χ4v) is 1.43. The molecule has 1 rings (SSSR count). The van der Waals surface area contributed by atoms with Gasteiger partial charge in [-0.05, 0) is 12.8 Å². The van der Waals surface area contributed by atoms with Crippen molar-refractivity contribution in [2.24, 2.45) is 0 Å². The fourth-order valence-electron chi connectivity index (χ4n) is 1.43. The Kier molecular flexibility index (Phi) is 2.88. The molecule has 11 heavy (non-hydrogen) atoms. The van der Waals surface area contributed by atoms with E-state index in [0.29, 0.717) is 13.0 Å². The molecule has 1 saturated heterocycles. The van der Waals surface area contributed by atoms with E-state index in [1.165, 1.54) is 0 Å². The van der Waals surface area contributed by atoms with Crippen molar-refractivity contribution in [2.75, 3.05) is 13.2 Å². The Labute approximate surface area is 67.0 Å². The van der Waals surface area contributed by atoms with Gasteiger partial charge in [-0.15, -0.1) is 0 Å². The second-order valence-corrected chi connectivity index (χ2v) is 2.83. The molecular formula is C8H14NO2. The van der Waals surface area contributed by atoms with Crippen molar-refractivity contribution in [1.29, 1.82) is 0 Å². The summed E-state index contributed by atoms with van der Waals surface area (Å²) in [5.74, 6) is 0.169. The van der Waals surface area contributed by atoms with Gasteiger partial charge in [-0.2, -0.15) is 0 Å². The number of amides is 1. The Bertz CT molecular complexity index is 147. The van der Waals surface area contributed by atoms with Crippen molar-refractivity contribution in [3.05, 3.63) is 6.42 Å². The van der Waals surface area contributed by atoms with Gasteiger partial charge in [0, 0.05) is 13.0 Å². The lowest BCUT2D eigenvalue weighted by Gasteiger charge is -2.21. The minimum absolute atomic E-state index is 0.0682. The van der Waals surface area contributed by atoms with Gasteiger partial charge in [0.05, 0.1) is 12.6 Å². The van der Waals surface area contributed by atoms with Crippen LogP contribution in [0.2, 0.25) is 0 Å². The van der Waals surface area contributed by atoms with Crippen LogP contribution in [0.25, 0.3) is 0 Å². The zero-order valence-corrected chi connectivity index (χ0v) is 6.79. The molecule has 1 N–H and O–H groups in total. The molecule has 0 bridgehead atoms. The number of likely N-dealkylation sites (tertiary alicyclic amines) is 1. The van der Waals surface area contributed by atoms with Crippen molar-refractivity contribution >= 4 is 5.91 Å². The van der Waals surface area contributed by atoms with Crippen LogP contribution in [0, 0.1) is 6.42 Å². The van der Waals surface area contributed by atoms with E-state index in [9.17, 15) is 4.79 Å². The normalized spacial score (nSPS) is 24.7. The van der Waals surface area contributed by atoms with Gasteiger partial charge in [0.1, 0.15) is 0 Å². The lowest BCUT2D eigenvalue weighted by molar-refractivity contribution is -0.129. The summed E-state index contributed by atoms with van der Waals surface area (Å²) in [6.07, 6.45) is 3.34.